The van der Waals surface area contributed by atoms with Gasteiger partial charge in [-0.1, -0.05) is 46.8 Å². The van der Waals surface area contributed by atoms with Gasteiger partial charge in [-0.15, -0.1) is 0 Å². The van der Waals surface area contributed by atoms with E-state index in [9.17, 15) is 86.8 Å². The van der Waals surface area contributed by atoms with Crippen LogP contribution in [0, 0.1) is 56.7 Å². The van der Waals surface area contributed by atoms with E-state index in [1.807, 2.05) is 6.92 Å². The third-order valence-corrected chi connectivity index (χ3v) is 25.6. The Hall–Kier alpha value is -1.91. The highest BCUT2D eigenvalue weighted by Crippen LogP contribution is 2.78. The summed E-state index contributed by atoms with van der Waals surface area (Å²) in [4.78, 5) is 15.5. The number of aliphatic hydroxyl groups is 17. The van der Waals surface area contributed by atoms with Crippen LogP contribution in [-0.2, 0) is 61.6 Å². The molecule has 6 heterocycles. The van der Waals surface area contributed by atoms with Gasteiger partial charge in [-0.2, -0.15) is 0 Å². The molecule has 5 saturated carbocycles. The molecule has 11 rings (SSSR count). The van der Waals surface area contributed by atoms with E-state index in [2.05, 4.69) is 41.2 Å². The van der Waals surface area contributed by atoms with Gasteiger partial charge in [-0.3, -0.25) is 4.79 Å². The highest BCUT2D eigenvalue weighted by molar-refractivity contribution is 5.78. The number of carbonyl (C=O) groups excluding carboxylic acids is 1. The molecule has 30 heteroatoms. The van der Waals surface area contributed by atoms with Gasteiger partial charge in [0.1, 0.15) is 128 Å². The molecule has 11 aliphatic rings. The van der Waals surface area contributed by atoms with Crippen molar-refractivity contribution in [2.24, 2.45) is 56.7 Å². The Kier molecular flexibility index (Phi) is 21.9. The summed E-state index contributed by atoms with van der Waals surface area (Å²) in [6.07, 6.45) is -41.1. The monoisotopic (exact) mass is 1370 g/mol. The van der Waals surface area contributed by atoms with E-state index in [1.54, 1.807) is 0 Å². The van der Waals surface area contributed by atoms with Crippen LogP contribution in [0.4, 0.5) is 0 Å². The van der Waals surface area contributed by atoms with Crippen molar-refractivity contribution in [1.82, 2.24) is 0 Å². The quantitative estimate of drug-likeness (QED) is 0.0400. The third kappa shape index (κ3) is 12.6. The molecule has 17 N–H and O–H groups in total. The first kappa shape index (κ1) is 74.3. The van der Waals surface area contributed by atoms with Gasteiger partial charge in [0, 0.05) is 0 Å². The average molecular weight is 1370 g/mol. The van der Waals surface area contributed by atoms with Gasteiger partial charge in [0.05, 0.1) is 50.2 Å². The van der Waals surface area contributed by atoms with Crippen molar-refractivity contribution >= 4 is 5.97 Å². The van der Waals surface area contributed by atoms with E-state index < -0.39 is 221 Å². The highest BCUT2D eigenvalue weighted by Gasteiger charge is 2.73. The molecule has 0 unspecified atom stereocenters. The maximum Gasteiger partial charge on any atom is 0.314 e. The largest absolute Gasteiger partial charge is 0.432 e. The van der Waals surface area contributed by atoms with Gasteiger partial charge in [-0.05, 0) is 136 Å². The topological polar surface area (TPSA) is 472 Å². The molecule has 30 nitrogen and oxygen atoms in total. The minimum Gasteiger partial charge on any atom is -0.432 e. The van der Waals surface area contributed by atoms with Crippen LogP contribution in [-0.4, -0.2) is 303 Å². The lowest BCUT2D eigenvalue weighted by atomic mass is 9.32. The number of allylic oxidation sites excluding steroid dienone is 1. The lowest BCUT2D eigenvalue weighted by molar-refractivity contribution is -0.381. The lowest BCUT2D eigenvalue weighted by Gasteiger charge is -2.73. The zero-order chi connectivity index (χ0) is 69.2. The smallest absolute Gasteiger partial charge is 0.314 e. The zero-order valence-corrected chi connectivity index (χ0v) is 55.2. The van der Waals surface area contributed by atoms with Crippen molar-refractivity contribution in [2.45, 2.75) is 304 Å². The molecule has 0 spiro atoms. The van der Waals surface area contributed by atoms with Crippen LogP contribution in [0.3, 0.4) is 0 Å². The first-order valence-electron chi connectivity index (χ1n) is 34.0. The fourth-order valence-corrected chi connectivity index (χ4v) is 19.9. The first-order valence-corrected chi connectivity index (χ1v) is 34.0. The molecular formula is C65H106O30. The molecule has 6 saturated heterocycles. The fraction of sp³-hybridized carbons (Fsp3) is 0.954. The number of ether oxygens (including phenoxy) is 12. The molecule has 0 aromatic heterocycles. The number of aliphatic hydroxyl groups excluding tert-OH is 17. The summed E-state index contributed by atoms with van der Waals surface area (Å²) in [6, 6.07) is 0. The standard InChI is InChI=1S/C65H106O30/c1-24(2)27-12-17-65(60(83)95-58-51(82)46(77)52(93-55-48(79)42(73)37(68)25(3)86-55)32(91-58)23-84-54-47(78)44(75)39(70)29(20-66)88-54)19-18-63(8)28(36(27)65)10-11-34-62(7)15-14-35(61(5,6)33(62)13-16-64(34,63)9)92-59-53(94-56-49(80)43(74)38(69)26(4)87-56)41(72)31(22-85-59)90-57-50(81)45(76)40(71)30(21-67)89-57/h25-59,66-82H,1,10-23H2,2-9H3/t25-,26-,27-,28+,29+,30+,31-,32+,33-,34+,35-,36+,37-,38-,39+,40+,41-,42+,43+,44-,45-,46+,47+,48+,49+,50+,51+,52+,53+,54+,55-,56-,57-,58-,59-,62-,63+,64+,65-/m0/s1. The van der Waals surface area contributed by atoms with Crippen molar-refractivity contribution in [2.75, 3.05) is 26.4 Å². The summed E-state index contributed by atoms with van der Waals surface area (Å²) in [5, 5.41) is 184. The van der Waals surface area contributed by atoms with E-state index in [4.69, 9.17) is 56.8 Å². The predicted molar refractivity (Wildman–Crippen MR) is 319 cm³/mol. The lowest BCUT2D eigenvalue weighted by Crippen LogP contribution is -2.68. The molecule has 0 aromatic carbocycles. The van der Waals surface area contributed by atoms with E-state index in [0.29, 0.717) is 32.1 Å². The van der Waals surface area contributed by atoms with Crippen LogP contribution in [0.15, 0.2) is 12.2 Å². The second kappa shape index (κ2) is 28.0. The Morgan fingerprint density at radius 1 is 0.474 bits per heavy atom. The minimum absolute atomic E-state index is 0.0140. The van der Waals surface area contributed by atoms with Gasteiger partial charge < -0.3 is 144 Å². The fourth-order valence-electron chi connectivity index (χ4n) is 19.9. The summed E-state index contributed by atoms with van der Waals surface area (Å²) in [5.41, 5.74) is -1.58. The number of hydrogen-bond donors (Lipinski definition) is 17. The second-order valence-electron chi connectivity index (χ2n) is 30.9. The van der Waals surface area contributed by atoms with Gasteiger partial charge in [0.15, 0.2) is 31.5 Å². The number of rotatable bonds is 16. The molecule has 0 aromatic rings. The molecule has 95 heavy (non-hydrogen) atoms. The second-order valence-corrected chi connectivity index (χ2v) is 30.9. The van der Waals surface area contributed by atoms with Crippen LogP contribution in [0.1, 0.15) is 120 Å². The Morgan fingerprint density at radius 3 is 1.58 bits per heavy atom. The van der Waals surface area contributed by atoms with Crippen LogP contribution in [0.25, 0.3) is 0 Å². The zero-order valence-electron chi connectivity index (χ0n) is 55.2. The summed E-state index contributed by atoms with van der Waals surface area (Å²) in [7, 11) is 0. The van der Waals surface area contributed by atoms with Crippen molar-refractivity contribution in [3.05, 3.63) is 12.2 Å². The molecule has 5 aliphatic carbocycles. The van der Waals surface area contributed by atoms with E-state index >= 15 is 4.79 Å². The highest BCUT2D eigenvalue weighted by atomic mass is 16.8. The molecule has 6 aliphatic heterocycles. The van der Waals surface area contributed by atoms with Crippen LogP contribution in [0.5, 0.6) is 0 Å². The van der Waals surface area contributed by atoms with Crippen LogP contribution in [0.2, 0.25) is 0 Å². The van der Waals surface area contributed by atoms with E-state index in [0.717, 1.165) is 37.7 Å². The summed E-state index contributed by atoms with van der Waals surface area (Å²) in [6.45, 7) is 18.3. The first-order chi connectivity index (χ1) is 44.6. The van der Waals surface area contributed by atoms with Gasteiger partial charge in [-0.25, -0.2) is 0 Å². The predicted octanol–water partition coefficient (Wildman–Crippen LogP) is -3.84. The summed E-state index contributed by atoms with van der Waals surface area (Å²) >= 11 is 0. The van der Waals surface area contributed by atoms with Crippen molar-refractivity contribution < 1.29 is 148 Å². The van der Waals surface area contributed by atoms with Crippen molar-refractivity contribution in [3.8, 4) is 0 Å². The molecule has 0 bridgehead atoms. The van der Waals surface area contributed by atoms with Gasteiger partial charge in [0.25, 0.3) is 0 Å². The van der Waals surface area contributed by atoms with Crippen LogP contribution < -0.4 is 0 Å². The Balaban J connectivity index is 0.809. The number of fused-ring (bicyclic) bond motifs is 7. The molecule has 0 amide bonds. The molecule has 0 radical (unpaired) electrons. The Labute approximate surface area is 551 Å². The normalized spacial score (nSPS) is 55.5. The maximum atomic E-state index is 15.5. The van der Waals surface area contributed by atoms with Crippen LogP contribution >= 0.6 is 0 Å². The SMILES string of the molecule is C=C(C)[C@@H]1CC[C@]2(C(=O)O[C@@H]3O[C@H](CO[C@@H]4O[C@H](CO)[C@@H](O)[C@H](O)[C@H]4O)[C@@H](O[C@@H]4O[C@@H](C)[C@H](O)[C@@H](O)[C@H]4O)[C@H](O)[C@H]3O)CC[C@]3(C)[C@H](CC[C@@H]4[C@@]5(C)CC[C@H](O[C@@H]6OC[C@H](O[C@@H]7O[C@H](CO)[C@@H](O)[C@H](O)[C@H]7O)[C@H](O)[C@H]6O[C@@H]6O[C@@H](C)[C@H](O)[C@@H](O)[C@H]6O)C(C)(C)[C@@H]5CC[C@]43C)[C@@H]12. The summed E-state index contributed by atoms with van der Waals surface area (Å²) < 4.78 is 72.8. The molecular weight excluding hydrogens is 1260 g/mol. The number of hydrogen-bond acceptors (Lipinski definition) is 30. The summed E-state index contributed by atoms with van der Waals surface area (Å²) in [5.74, 6) is -0.758. The minimum atomic E-state index is -1.99. The molecule has 39 atom stereocenters. The van der Waals surface area contributed by atoms with E-state index in [1.165, 1.54) is 13.8 Å². The Morgan fingerprint density at radius 2 is 1.00 bits per heavy atom. The van der Waals surface area contributed by atoms with E-state index in [-0.39, 0.29) is 52.4 Å². The molecule has 546 valence electrons. The third-order valence-electron chi connectivity index (χ3n) is 25.6. The van der Waals surface area contributed by atoms with Gasteiger partial charge in [0.2, 0.25) is 6.29 Å². The number of carbonyl (C=O) groups is 1. The van der Waals surface area contributed by atoms with Crippen molar-refractivity contribution in [3.63, 3.8) is 0 Å². The van der Waals surface area contributed by atoms with Gasteiger partial charge >= 0.3 is 5.97 Å². The maximum absolute atomic E-state index is 15.5. The Bertz CT molecular complexity index is 2640. The average Bonchev–Trinajstić information content (AvgIpc) is 1.58. The number of esters is 1. The molecule has 11 fully saturated rings. The van der Waals surface area contributed by atoms with Crippen molar-refractivity contribution in [1.29, 1.82) is 0 Å².